The number of esters is 1. The fraction of sp³-hybridized carbons (Fsp3) is 0.789. The highest BCUT2D eigenvalue weighted by atomic mass is 16.5. The van der Waals surface area contributed by atoms with Crippen LogP contribution in [0.25, 0.3) is 0 Å². The third kappa shape index (κ3) is 32.7. The molecule has 0 aromatic rings. The molecule has 0 saturated carbocycles. The second-order valence-electron chi connectivity index (χ2n) is 12.1. The van der Waals surface area contributed by atoms with Crippen molar-refractivity contribution < 1.29 is 19.4 Å². The number of unbranched alkanes of at least 4 members (excludes halogenated alkanes) is 19. The van der Waals surface area contributed by atoms with Crippen molar-refractivity contribution in [2.75, 3.05) is 0 Å². The van der Waals surface area contributed by atoms with Gasteiger partial charge in [-0.25, -0.2) is 0 Å². The quantitative estimate of drug-likeness (QED) is 0.0482. The highest BCUT2D eigenvalue weighted by Crippen LogP contribution is 2.16. The van der Waals surface area contributed by atoms with E-state index in [-0.39, 0.29) is 12.4 Å². The molecule has 0 rings (SSSR count). The summed E-state index contributed by atoms with van der Waals surface area (Å²) in [5, 5.41) is 9.22. The molecular formula is C38H68O4. The molecule has 0 aromatic heterocycles. The first kappa shape index (κ1) is 40.2. The highest BCUT2D eigenvalue weighted by molar-refractivity contribution is 5.71. The van der Waals surface area contributed by atoms with Crippen molar-refractivity contribution >= 4 is 11.9 Å². The Morgan fingerprint density at radius 1 is 0.548 bits per heavy atom. The second-order valence-corrected chi connectivity index (χ2v) is 12.1. The average Bonchev–Trinajstić information content (AvgIpc) is 2.96. The van der Waals surface area contributed by atoms with E-state index in [1.165, 1.54) is 103 Å². The smallest absolute Gasteiger partial charge is 0.307 e. The van der Waals surface area contributed by atoms with Crippen molar-refractivity contribution in [2.24, 2.45) is 0 Å². The first-order valence-corrected chi connectivity index (χ1v) is 18.0. The van der Waals surface area contributed by atoms with Gasteiger partial charge >= 0.3 is 11.9 Å². The van der Waals surface area contributed by atoms with Crippen LogP contribution in [0.2, 0.25) is 0 Å². The molecule has 0 bridgehead atoms. The summed E-state index contributed by atoms with van der Waals surface area (Å²) in [6, 6.07) is 0. The topological polar surface area (TPSA) is 63.6 Å². The number of ether oxygens (including phenoxy) is 1. The van der Waals surface area contributed by atoms with Crippen LogP contribution < -0.4 is 0 Å². The average molecular weight is 589 g/mol. The van der Waals surface area contributed by atoms with E-state index in [1.54, 1.807) is 0 Å². The lowest BCUT2D eigenvalue weighted by Gasteiger charge is -2.16. The van der Waals surface area contributed by atoms with E-state index in [2.05, 4.69) is 50.3 Å². The fourth-order valence-corrected chi connectivity index (χ4v) is 5.21. The Hall–Kier alpha value is -1.84. The lowest BCUT2D eigenvalue weighted by Crippen LogP contribution is -2.21. The lowest BCUT2D eigenvalue weighted by molar-refractivity contribution is -0.153. The Balaban J connectivity index is 3.70. The van der Waals surface area contributed by atoms with Gasteiger partial charge in [0.2, 0.25) is 0 Å². The largest absolute Gasteiger partial charge is 0.481 e. The molecule has 4 heteroatoms. The van der Waals surface area contributed by atoms with Gasteiger partial charge in [0.05, 0.1) is 6.42 Å². The third-order valence-corrected chi connectivity index (χ3v) is 7.85. The van der Waals surface area contributed by atoms with Crippen LogP contribution in [0.4, 0.5) is 0 Å². The second kappa shape index (κ2) is 33.7. The molecule has 0 fully saturated rings. The van der Waals surface area contributed by atoms with Gasteiger partial charge in [0.25, 0.3) is 0 Å². The Bertz CT molecular complexity index is 679. The van der Waals surface area contributed by atoms with Gasteiger partial charge in [-0.05, 0) is 57.8 Å². The summed E-state index contributed by atoms with van der Waals surface area (Å²) < 4.78 is 5.55. The van der Waals surface area contributed by atoms with Gasteiger partial charge in [-0.2, -0.15) is 0 Å². The number of carbonyl (C=O) groups is 2. The van der Waals surface area contributed by atoms with Crippen molar-refractivity contribution in [2.45, 2.75) is 193 Å². The van der Waals surface area contributed by atoms with E-state index < -0.39 is 12.1 Å². The molecule has 4 nitrogen and oxygen atoms in total. The lowest BCUT2D eigenvalue weighted by atomic mass is 10.0. The van der Waals surface area contributed by atoms with E-state index in [4.69, 9.17) is 4.74 Å². The van der Waals surface area contributed by atoms with Gasteiger partial charge in [-0.3, -0.25) is 9.59 Å². The predicted molar refractivity (Wildman–Crippen MR) is 181 cm³/mol. The molecule has 1 atom stereocenters. The van der Waals surface area contributed by atoms with Crippen LogP contribution in [0.3, 0.4) is 0 Å². The molecule has 244 valence electrons. The van der Waals surface area contributed by atoms with E-state index in [0.717, 1.165) is 51.4 Å². The van der Waals surface area contributed by atoms with Crippen molar-refractivity contribution in [1.82, 2.24) is 0 Å². The SMILES string of the molecule is CCCCC/C=C\C/C=C\C/C=C\CCCCCCCCC(=O)OC(CCCCCCCCCCCCC)CC(=O)O. The van der Waals surface area contributed by atoms with E-state index in [0.29, 0.717) is 12.8 Å². The van der Waals surface area contributed by atoms with Crippen LogP contribution in [0, 0.1) is 0 Å². The van der Waals surface area contributed by atoms with Crippen molar-refractivity contribution in [3.05, 3.63) is 36.5 Å². The number of carboxylic acid groups (broad SMARTS) is 1. The molecular weight excluding hydrogens is 520 g/mol. The number of carboxylic acids is 1. The van der Waals surface area contributed by atoms with Crippen LogP contribution in [0.15, 0.2) is 36.5 Å². The summed E-state index contributed by atoms with van der Waals surface area (Å²) in [5.74, 6) is -1.12. The molecule has 1 N–H and O–H groups in total. The van der Waals surface area contributed by atoms with Crippen molar-refractivity contribution in [3.8, 4) is 0 Å². The monoisotopic (exact) mass is 589 g/mol. The fourth-order valence-electron chi connectivity index (χ4n) is 5.21. The molecule has 0 radical (unpaired) electrons. The maximum Gasteiger partial charge on any atom is 0.307 e. The summed E-state index contributed by atoms with van der Waals surface area (Å²) >= 11 is 0. The zero-order valence-corrected chi connectivity index (χ0v) is 27.8. The highest BCUT2D eigenvalue weighted by Gasteiger charge is 2.17. The summed E-state index contributed by atoms with van der Waals surface area (Å²) in [6.45, 7) is 4.49. The number of hydrogen-bond acceptors (Lipinski definition) is 3. The molecule has 0 heterocycles. The number of rotatable bonds is 32. The van der Waals surface area contributed by atoms with Gasteiger partial charge in [0.15, 0.2) is 0 Å². The summed E-state index contributed by atoms with van der Waals surface area (Å²) in [7, 11) is 0. The van der Waals surface area contributed by atoms with Crippen LogP contribution in [-0.2, 0) is 14.3 Å². The minimum Gasteiger partial charge on any atom is -0.481 e. The predicted octanol–water partition coefficient (Wildman–Crippen LogP) is 12.2. The molecule has 0 aliphatic rings. The maximum atomic E-state index is 12.3. The standard InChI is InChI=1S/C38H68O4/c1-3-5-7-9-11-13-15-16-17-18-19-20-21-22-24-26-28-30-32-34-38(41)42-36(35-37(39)40)33-31-29-27-25-23-14-12-10-8-6-4-2/h11,13,16-17,19-20,36H,3-10,12,14-15,18,21-35H2,1-2H3,(H,39,40)/b13-11-,17-16-,20-19-. The summed E-state index contributed by atoms with van der Waals surface area (Å²) in [6.07, 6.45) is 43.0. The Kier molecular flexibility index (Phi) is 32.2. The minimum atomic E-state index is -0.886. The molecule has 0 aromatic carbocycles. The van der Waals surface area contributed by atoms with Crippen molar-refractivity contribution in [3.63, 3.8) is 0 Å². The summed E-state index contributed by atoms with van der Waals surface area (Å²) in [5.41, 5.74) is 0. The van der Waals surface area contributed by atoms with E-state index in [9.17, 15) is 14.7 Å². The van der Waals surface area contributed by atoms with Crippen molar-refractivity contribution in [1.29, 1.82) is 0 Å². The number of aliphatic carboxylic acids is 1. The Morgan fingerprint density at radius 2 is 0.952 bits per heavy atom. The van der Waals surface area contributed by atoms with Crippen LogP contribution >= 0.6 is 0 Å². The first-order chi connectivity index (χ1) is 20.6. The minimum absolute atomic E-state index is 0.0786. The molecule has 42 heavy (non-hydrogen) atoms. The van der Waals surface area contributed by atoms with Gasteiger partial charge < -0.3 is 9.84 Å². The first-order valence-electron chi connectivity index (χ1n) is 18.0. The molecule has 0 aliphatic carbocycles. The molecule has 0 saturated heterocycles. The van der Waals surface area contributed by atoms with Gasteiger partial charge in [0.1, 0.15) is 6.10 Å². The molecule has 0 spiro atoms. The van der Waals surface area contributed by atoms with Crippen LogP contribution in [-0.4, -0.2) is 23.1 Å². The number of hydrogen-bond donors (Lipinski definition) is 1. The van der Waals surface area contributed by atoms with E-state index in [1.807, 2.05) is 0 Å². The van der Waals surface area contributed by atoms with E-state index >= 15 is 0 Å². The summed E-state index contributed by atoms with van der Waals surface area (Å²) in [4.78, 5) is 23.5. The van der Waals surface area contributed by atoms with Gasteiger partial charge in [-0.15, -0.1) is 0 Å². The van der Waals surface area contributed by atoms with Gasteiger partial charge in [0, 0.05) is 6.42 Å². The number of allylic oxidation sites excluding steroid dienone is 6. The Morgan fingerprint density at radius 3 is 1.48 bits per heavy atom. The molecule has 0 amide bonds. The third-order valence-electron chi connectivity index (χ3n) is 7.85. The maximum absolute atomic E-state index is 12.3. The van der Waals surface area contributed by atoms with Crippen LogP contribution in [0.1, 0.15) is 187 Å². The zero-order valence-electron chi connectivity index (χ0n) is 27.8. The normalized spacial score (nSPS) is 12.6. The molecule has 0 aliphatic heterocycles. The molecule has 1 unspecified atom stereocenters. The van der Waals surface area contributed by atoms with Gasteiger partial charge in [-0.1, -0.05) is 153 Å². The van der Waals surface area contributed by atoms with Crippen LogP contribution in [0.5, 0.6) is 0 Å². The zero-order chi connectivity index (χ0) is 30.8. The number of carbonyl (C=O) groups excluding carboxylic acids is 1. The Labute approximate surface area is 260 Å².